The number of amides is 1. The summed E-state index contributed by atoms with van der Waals surface area (Å²) < 4.78 is 41.4. The summed E-state index contributed by atoms with van der Waals surface area (Å²) in [6, 6.07) is 6.47. The van der Waals surface area contributed by atoms with Crippen LogP contribution in [0.5, 0.6) is 0 Å². The van der Waals surface area contributed by atoms with Crippen LogP contribution >= 0.6 is 11.3 Å². The Morgan fingerprint density at radius 3 is 2.70 bits per heavy atom. The molecule has 0 spiro atoms. The smallest absolute Gasteiger partial charge is 0.263 e. The molecule has 0 aliphatic carbocycles. The summed E-state index contributed by atoms with van der Waals surface area (Å²) in [6.45, 7) is 4.28. The molecule has 0 radical (unpaired) electrons. The number of piperidine rings is 1. The largest absolute Gasteiger partial charge is 0.302 e. The van der Waals surface area contributed by atoms with Crippen LogP contribution in [-0.2, 0) is 14.8 Å². The quantitative estimate of drug-likeness (QED) is 0.660. The van der Waals surface area contributed by atoms with Gasteiger partial charge >= 0.3 is 0 Å². The van der Waals surface area contributed by atoms with Crippen molar-refractivity contribution in [2.24, 2.45) is 5.92 Å². The molecule has 158 valence electrons. The Morgan fingerprint density at radius 2 is 2.00 bits per heavy atom. The molecule has 2 aromatic heterocycles. The maximum atomic E-state index is 13.9. The van der Waals surface area contributed by atoms with Crippen molar-refractivity contribution in [2.45, 2.75) is 31.7 Å². The highest BCUT2D eigenvalue weighted by Crippen LogP contribution is 2.31. The highest BCUT2D eigenvalue weighted by Gasteiger charge is 2.34. The van der Waals surface area contributed by atoms with Gasteiger partial charge in [-0.15, -0.1) is 0 Å². The van der Waals surface area contributed by atoms with Crippen LogP contribution in [0, 0.1) is 25.6 Å². The molecule has 1 aliphatic rings. The number of carbonyl (C=O) groups is 1. The fourth-order valence-electron chi connectivity index (χ4n) is 3.68. The first-order valence-electron chi connectivity index (χ1n) is 9.55. The van der Waals surface area contributed by atoms with Gasteiger partial charge in [0.1, 0.15) is 0 Å². The van der Waals surface area contributed by atoms with Gasteiger partial charge in [-0.1, -0.05) is 17.4 Å². The molecule has 1 N–H and O–H groups in total. The van der Waals surface area contributed by atoms with E-state index in [1.807, 2.05) is 19.9 Å². The van der Waals surface area contributed by atoms with Crippen molar-refractivity contribution in [2.75, 3.05) is 18.4 Å². The number of anilines is 1. The summed E-state index contributed by atoms with van der Waals surface area (Å²) in [7, 11) is -4.02. The Hall–Kier alpha value is -2.43. The van der Waals surface area contributed by atoms with Crippen molar-refractivity contribution < 1.29 is 17.6 Å². The number of nitrogens with one attached hydrogen (secondary N) is 1. The highest BCUT2D eigenvalue weighted by atomic mass is 32.2. The van der Waals surface area contributed by atoms with E-state index >= 15 is 0 Å². The monoisotopic (exact) mass is 448 g/mol. The number of benzene rings is 1. The third kappa shape index (κ3) is 3.94. The molecule has 1 aromatic carbocycles. The Bertz CT molecular complexity index is 1220. The fraction of sp³-hybridized carbons (Fsp3) is 0.350. The van der Waals surface area contributed by atoms with E-state index in [0.29, 0.717) is 18.0 Å². The number of thiazole rings is 1. The minimum Gasteiger partial charge on any atom is -0.302 e. The third-order valence-electron chi connectivity index (χ3n) is 5.18. The predicted molar refractivity (Wildman–Crippen MR) is 113 cm³/mol. The maximum absolute atomic E-state index is 13.9. The lowest BCUT2D eigenvalue weighted by Gasteiger charge is -2.30. The molecule has 1 aliphatic heterocycles. The summed E-state index contributed by atoms with van der Waals surface area (Å²) in [5.74, 6) is -1.39. The van der Waals surface area contributed by atoms with Gasteiger partial charge in [-0.05, 0) is 56.0 Å². The van der Waals surface area contributed by atoms with E-state index in [9.17, 15) is 17.6 Å². The molecule has 1 amide bonds. The van der Waals surface area contributed by atoms with Crippen molar-refractivity contribution in [1.82, 2.24) is 14.3 Å². The summed E-state index contributed by atoms with van der Waals surface area (Å²) in [4.78, 5) is 20.9. The molecule has 0 bridgehead atoms. The standard InChI is InChI=1S/C20H21FN4O3S2/c1-12-10-13(2)17-16(11-12)23-20(29-17)24-18(26)14-5-8-25(9-6-14)30(27,28)19-15(21)4-3-7-22-19/h3-4,7,10-11,14H,5-6,8-9H2,1-2H3,(H,23,24,26). The summed E-state index contributed by atoms with van der Waals surface area (Å²) in [6.07, 6.45) is 1.95. The fourth-order valence-corrected chi connectivity index (χ4v) is 6.04. The minimum absolute atomic E-state index is 0.134. The van der Waals surface area contributed by atoms with E-state index in [1.54, 1.807) is 0 Å². The Morgan fingerprint density at radius 1 is 1.27 bits per heavy atom. The van der Waals surface area contributed by atoms with E-state index in [2.05, 4.69) is 21.4 Å². The van der Waals surface area contributed by atoms with Crippen molar-refractivity contribution in [3.8, 4) is 0 Å². The van der Waals surface area contributed by atoms with Gasteiger partial charge < -0.3 is 5.32 Å². The van der Waals surface area contributed by atoms with Gasteiger partial charge in [-0.3, -0.25) is 4.79 Å². The Labute approximate surface area is 178 Å². The van der Waals surface area contributed by atoms with Crippen LogP contribution in [0.2, 0.25) is 0 Å². The van der Waals surface area contributed by atoms with Crippen molar-refractivity contribution in [3.63, 3.8) is 0 Å². The normalized spacial score (nSPS) is 16.1. The number of nitrogens with zero attached hydrogens (tertiary/aromatic N) is 3. The summed E-state index contributed by atoms with van der Waals surface area (Å²) >= 11 is 1.43. The van der Waals surface area contributed by atoms with Gasteiger partial charge in [-0.2, -0.15) is 4.31 Å². The van der Waals surface area contributed by atoms with E-state index in [-0.39, 0.29) is 24.9 Å². The summed E-state index contributed by atoms with van der Waals surface area (Å²) in [5.41, 5.74) is 3.08. The number of aromatic nitrogens is 2. The van der Waals surface area contributed by atoms with Crippen LogP contribution in [-0.4, -0.2) is 41.7 Å². The second-order valence-electron chi connectivity index (χ2n) is 7.41. The van der Waals surface area contributed by atoms with Crippen molar-refractivity contribution in [3.05, 3.63) is 47.4 Å². The lowest BCUT2D eigenvalue weighted by atomic mass is 9.97. The Balaban J connectivity index is 1.42. The molecule has 30 heavy (non-hydrogen) atoms. The number of sulfonamides is 1. The Kier molecular flexibility index (Phi) is 5.56. The van der Waals surface area contributed by atoms with E-state index in [0.717, 1.165) is 27.4 Å². The zero-order chi connectivity index (χ0) is 21.5. The average Bonchev–Trinajstić information content (AvgIpc) is 3.11. The van der Waals surface area contributed by atoms with E-state index in [4.69, 9.17) is 0 Å². The maximum Gasteiger partial charge on any atom is 0.263 e. The molecule has 0 atom stereocenters. The third-order valence-corrected chi connectivity index (χ3v) is 8.14. The highest BCUT2D eigenvalue weighted by molar-refractivity contribution is 7.89. The molecule has 4 rings (SSSR count). The topological polar surface area (TPSA) is 92.3 Å². The van der Waals surface area contributed by atoms with Gasteiger partial charge in [0, 0.05) is 25.2 Å². The van der Waals surface area contributed by atoms with Gasteiger partial charge in [0.05, 0.1) is 10.2 Å². The van der Waals surface area contributed by atoms with E-state index in [1.165, 1.54) is 27.9 Å². The molecule has 10 heteroatoms. The average molecular weight is 449 g/mol. The number of rotatable bonds is 4. The van der Waals surface area contributed by atoms with Crippen LogP contribution in [0.25, 0.3) is 10.2 Å². The van der Waals surface area contributed by atoms with Gasteiger partial charge in [-0.25, -0.2) is 22.8 Å². The number of hydrogen-bond acceptors (Lipinski definition) is 6. The molecule has 7 nitrogen and oxygen atoms in total. The lowest BCUT2D eigenvalue weighted by Crippen LogP contribution is -2.41. The first-order valence-corrected chi connectivity index (χ1v) is 11.8. The molecule has 0 saturated carbocycles. The zero-order valence-corrected chi connectivity index (χ0v) is 18.2. The molecular weight excluding hydrogens is 427 g/mol. The number of carbonyl (C=O) groups excluding carboxylic acids is 1. The van der Waals surface area contributed by atoms with E-state index < -0.39 is 20.9 Å². The van der Waals surface area contributed by atoms with Crippen LogP contribution in [0.1, 0.15) is 24.0 Å². The summed E-state index contributed by atoms with van der Waals surface area (Å²) in [5, 5.41) is 2.83. The number of pyridine rings is 1. The van der Waals surface area contributed by atoms with Crippen LogP contribution in [0.15, 0.2) is 35.5 Å². The molecule has 1 fully saturated rings. The van der Waals surface area contributed by atoms with Gasteiger partial charge in [0.25, 0.3) is 10.0 Å². The molecular formula is C20H21FN4O3S2. The second kappa shape index (κ2) is 8.01. The molecule has 3 aromatic rings. The van der Waals surface area contributed by atoms with Gasteiger partial charge in [0.15, 0.2) is 10.9 Å². The molecule has 0 unspecified atom stereocenters. The van der Waals surface area contributed by atoms with Crippen molar-refractivity contribution >= 4 is 42.6 Å². The van der Waals surface area contributed by atoms with Crippen molar-refractivity contribution in [1.29, 1.82) is 0 Å². The zero-order valence-electron chi connectivity index (χ0n) is 16.6. The van der Waals surface area contributed by atoms with Gasteiger partial charge in [0.2, 0.25) is 10.9 Å². The number of fused-ring (bicyclic) bond motifs is 1. The number of aryl methyl sites for hydroxylation is 2. The lowest BCUT2D eigenvalue weighted by molar-refractivity contribution is -0.120. The SMILES string of the molecule is Cc1cc(C)c2sc(NC(=O)C3CCN(S(=O)(=O)c4ncccc4F)CC3)nc2c1. The molecule has 1 saturated heterocycles. The number of hydrogen-bond donors (Lipinski definition) is 1. The van der Waals surface area contributed by atoms with Crippen LogP contribution in [0.4, 0.5) is 9.52 Å². The second-order valence-corrected chi connectivity index (χ2v) is 10.3. The van der Waals surface area contributed by atoms with Crippen LogP contribution in [0.3, 0.4) is 0 Å². The first kappa shape index (κ1) is 20.8. The predicted octanol–water partition coefficient (Wildman–Crippen LogP) is 3.49. The number of halogens is 1. The van der Waals surface area contributed by atoms with Crippen LogP contribution < -0.4 is 5.32 Å². The first-order chi connectivity index (χ1) is 14.3. The molecule has 3 heterocycles. The minimum atomic E-state index is -4.02.